The number of hydrogen-bond donors (Lipinski definition) is 1. The summed E-state index contributed by atoms with van der Waals surface area (Å²) in [5.74, 6) is -7.24. The molecule has 10 nitrogen and oxygen atoms in total. The highest BCUT2D eigenvalue weighted by Gasteiger charge is 2.42. The van der Waals surface area contributed by atoms with Crippen molar-refractivity contribution in [1.29, 1.82) is 0 Å². The second-order valence-electron chi connectivity index (χ2n) is 10.5. The predicted molar refractivity (Wildman–Crippen MR) is 168 cm³/mol. The lowest BCUT2D eigenvalue weighted by Crippen LogP contribution is -2.30. The fourth-order valence-corrected chi connectivity index (χ4v) is 4.55. The van der Waals surface area contributed by atoms with Gasteiger partial charge in [0.25, 0.3) is 0 Å². The normalized spacial score (nSPS) is 15.9. The molecule has 0 heterocycles. The number of carbonyl (C=O) groups is 2. The number of benzene rings is 3. The summed E-state index contributed by atoms with van der Waals surface area (Å²) in [6.07, 6.45) is 0.703. The SMILES string of the molecule is CCCCCOc1ccc(C(=O)Oc2ccc(-c3ccc(OC(=O)C4=C(F)C(F)C(N=[N+]=[N-])C(F)=C4F)cc3)cc2)c(OCCCN)c1. The van der Waals surface area contributed by atoms with Crippen LogP contribution in [0.4, 0.5) is 17.6 Å². The summed E-state index contributed by atoms with van der Waals surface area (Å²) in [5, 5.41) is 2.70. The van der Waals surface area contributed by atoms with Gasteiger partial charge in [-0.1, -0.05) is 49.1 Å². The number of rotatable bonds is 15. The zero-order chi connectivity index (χ0) is 34.6. The van der Waals surface area contributed by atoms with Crippen LogP contribution < -0.4 is 24.7 Å². The van der Waals surface area contributed by atoms with Crippen LogP contribution in [0.2, 0.25) is 0 Å². The van der Waals surface area contributed by atoms with Gasteiger partial charge in [0.1, 0.15) is 46.0 Å². The van der Waals surface area contributed by atoms with E-state index in [9.17, 15) is 27.2 Å². The predicted octanol–water partition coefficient (Wildman–Crippen LogP) is 8.18. The summed E-state index contributed by atoms with van der Waals surface area (Å²) >= 11 is 0. The maximum absolute atomic E-state index is 14.4. The van der Waals surface area contributed by atoms with Gasteiger partial charge in [0, 0.05) is 11.0 Å². The van der Waals surface area contributed by atoms with E-state index in [1.165, 1.54) is 24.3 Å². The third-order valence-electron chi connectivity index (χ3n) is 7.09. The zero-order valence-corrected chi connectivity index (χ0v) is 25.8. The van der Waals surface area contributed by atoms with E-state index in [1.807, 2.05) is 0 Å². The van der Waals surface area contributed by atoms with Crippen molar-refractivity contribution in [3.8, 4) is 34.1 Å². The van der Waals surface area contributed by atoms with Crippen molar-refractivity contribution in [2.24, 2.45) is 10.8 Å². The molecule has 2 unspecified atom stereocenters. The van der Waals surface area contributed by atoms with E-state index in [0.29, 0.717) is 48.8 Å². The number of ether oxygens (including phenoxy) is 4. The van der Waals surface area contributed by atoms with Crippen molar-refractivity contribution >= 4 is 11.9 Å². The molecule has 2 atom stereocenters. The van der Waals surface area contributed by atoms with Crippen LogP contribution in [0, 0.1) is 0 Å². The lowest BCUT2D eigenvalue weighted by atomic mass is 9.98. The maximum Gasteiger partial charge on any atom is 0.349 e. The van der Waals surface area contributed by atoms with E-state index in [-0.39, 0.29) is 17.1 Å². The third kappa shape index (κ3) is 8.72. The molecule has 48 heavy (non-hydrogen) atoms. The summed E-state index contributed by atoms with van der Waals surface area (Å²) in [6, 6.07) is 14.6. The summed E-state index contributed by atoms with van der Waals surface area (Å²) in [6.45, 7) is 3.37. The minimum atomic E-state index is -2.90. The van der Waals surface area contributed by atoms with Gasteiger partial charge in [-0.15, -0.1) is 0 Å². The Morgan fingerprint density at radius 2 is 1.40 bits per heavy atom. The van der Waals surface area contributed by atoms with Crippen molar-refractivity contribution in [1.82, 2.24) is 0 Å². The smallest absolute Gasteiger partial charge is 0.349 e. The van der Waals surface area contributed by atoms with E-state index in [1.54, 1.807) is 42.5 Å². The van der Waals surface area contributed by atoms with E-state index >= 15 is 0 Å². The highest BCUT2D eigenvalue weighted by Crippen LogP contribution is 2.38. The van der Waals surface area contributed by atoms with E-state index in [4.69, 9.17) is 30.2 Å². The summed E-state index contributed by atoms with van der Waals surface area (Å²) < 4.78 is 79.1. The highest BCUT2D eigenvalue weighted by molar-refractivity contribution is 5.96. The van der Waals surface area contributed by atoms with Crippen LogP contribution in [0.5, 0.6) is 23.0 Å². The van der Waals surface area contributed by atoms with Gasteiger partial charge in [-0.3, -0.25) is 0 Å². The van der Waals surface area contributed by atoms with Crippen LogP contribution in [0.3, 0.4) is 0 Å². The third-order valence-corrected chi connectivity index (χ3v) is 7.09. The second kappa shape index (κ2) is 17.0. The highest BCUT2D eigenvalue weighted by atomic mass is 19.2. The standard InChI is InChI=1S/C34H32F4N4O6/c1-2-3-4-17-45-24-14-15-25(26(19-24)46-18-5-16-39)33(43)47-22-10-6-20(7-11-22)21-8-12-23(13-9-21)48-34(44)27-28(35)30(37)32(41-42-40)31(38)29(27)36/h6-15,19,30,32H,2-5,16-18,39H2,1H3. The average Bonchev–Trinajstić information content (AvgIpc) is 3.09. The number of azide groups is 1. The zero-order valence-electron chi connectivity index (χ0n) is 25.8. The molecule has 0 bridgehead atoms. The molecule has 3 aromatic rings. The minimum absolute atomic E-state index is 0.169. The number of esters is 2. The Hall–Kier alpha value is -5.33. The molecule has 0 saturated heterocycles. The number of halogens is 4. The molecule has 2 N–H and O–H groups in total. The van der Waals surface area contributed by atoms with Gasteiger partial charge in [0.05, 0.1) is 13.2 Å². The Morgan fingerprint density at radius 3 is 1.98 bits per heavy atom. The monoisotopic (exact) mass is 668 g/mol. The Morgan fingerprint density at radius 1 is 0.812 bits per heavy atom. The second-order valence-corrected chi connectivity index (χ2v) is 10.5. The number of alkyl halides is 1. The van der Waals surface area contributed by atoms with Gasteiger partial charge in [-0.05, 0) is 72.4 Å². The van der Waals surface area contributed by atoms with Crippen LogP contribution in [-0.4, -0.2) is 43.9 Å². The average molecular weight is 669 g/mol. The van der Waals surface area contributed by atoms with Gasteiger partial charge in [0.15, 0.2) is 17.8 Å². The van der Waals surface area contributed by atoms with Gasteiger partial charge in [-0.2, -0.15) is 0 Å². The van der Waals surface area contributed by atoms with Gasteiger partial charge < -0.3 is 24.7 Å². The molecular weight excluding hydrogens is 636 g/mol. The molecule has 0 aliphatic heterocycles. The minimum Gasteiger partial charge on any atom is -0.493 e. The Labute approximate surface area is 273 Å². The molecule has 0 aromatic heterocycles. The first-order valence-electron chi connectivity index (χ1n) is 15.1. The molecule has 14 heteroatoms. The van der Waals surface area contributed by atoms with Crippen LogP contribution in [0.15, 0.2) is 94.9 Å². The van der Waals surface area contributed by atoms with Gasteiger partial charge >= 0.3 is 11.9 Å². The van der Waals surface area contributed by atoms with E-state index in [0.717, 1.165) is 19.3 Å². The van der Waals surface area contributed by atoms with E-state index in [2.05, 4.69) is 16.9 Å². The molecule has 4 rings (SSSR count). The Kier molecular flexibility index (Phi) is 12.6. The van der Waals surface area contributed by atoms with Crippen molar-refractivity contribution in [3.63, 3.8) is 0 Å². The summed E-state index contributed by atoms with van der Waals surface area (Å²) in [4.78, 5) is 27.6. The lowest BCUT2D eigenvalue weighted by molar-refractivity contribution is -0.130. The van der Waals surface area contributed by atoms with Crippen LogP contribution in [0.25, 0.3) is 21.6 Å². The number of nitrogens with two attached hydrogens (primary N) is 1. The molecule has 3 aromatic carbocycles. The van der Waals surface area contributed by atoms with Crippen LogP contribution in [0.1, 0.15) is 43.0 Å². The first-order chi connectivity index (χ1) is 23.2. The molecule has 0 fully saturated rings. The molecule has 1 aliphatic carbocycles. The number of carbonyl (C=O) groups excluding carboxylic acids is 2. The number of unbranched alkanes of at least 4 members (excludes halogenated alkanes) is 2. The van der Waals surface area contributed by atoms with Crippen molar-refractivity contribution in [3.05, 3.63) is 106 Å². The first kappa shape index (κ1) is 35.5. The fourth-order valence-electron chi connectivity index (χ4n) is 4.55. The summed E-state index contributed by atoms with van der Waals surface area (Å²) in [7, 11) is 0. The fraction of sp³-hybridized carbons (Fsp3) is 0.294. The van der Waals surface area contributed by atoms with Crippen molar-refractivity contribution in [2.75, 3.05) is 19.8 Å². The largest absolute Gasteiger partial charge is 0.493 e. The molecule has 252 valence electrons. The molecule has 0 saturated carbocycles. The van der Waals surface area contributed by atoms with Crippen molar-refractivity contribution in [2.45, 2.75) is 44.8 Å². The molecule has 0 spiro atoms. The van der Waals surface area contributed by atoms with Gasteiger partial charge in [0.2, 0.25) is 0 Å². The lowest BCUT2D eigenvalue weighted by Gasteiger charge is -2.21. The van der Waals surface area contributed by atoms with Crippen LogP contribution in [-0.2, 0) is 4.79 Å². The number of nitrogens with zero attached hydrogens (tertiary/aromatic N) is 3. The quantitative estimate of drug-likeness (QED) is 0.0327. The van der Waals surface area contributed by atoms with E-state index < -0.39 is 47.2 Å². The van der Waals surface area contributed by atoms with Gasteiger partial charge in [-0.25, -0.2) is 27.2 Å². The first-order valence-corrected chi connectivity index (χ1v) is 15.1. The molecular formula is C34H32F4N4O6. The summed E-state index contributed by atoms with van der Waals surface area (Å²) in [5.41, 5.74) is 13.9. The number of hydrogen-bond acceptors (Lipinski definition) is 8. The topological polar surface area (TPSA) is 146 Å². The molecule has 1 aliphatic rings. The van der Waals surface area contributed by atoms with Crippen LogP contribution >= 0.6 is 0 Å². The molecule has 0 amide bonds. The Bertz CT molecular complexity index is 1720. The Balaban J connectivity index is 1.41. The van der Waals surface area contributed by atoms with Crippen molar-refractivity contribution < 1.29 is 46.1 Å². The maximum atomic E-state index is 14.4. The molecule has 0 radical (unpaired) electrons.